The van der Waals surface area contributed by atoms with Crippen molar-refractivity contribution in [2.75, 3.05) is 0 Å². The van der Waals surface area contributed by atoms with E-state index in [1.54, 1.807) is 0 Å². The van der Waals surface area contributed by atoms with E-state index in [-0.39, 0.29) is 16.7 Å². The summed E-state index contributed by atoms with van der Waals surface area (Å²) in [4.78, 5) is 11.6. The molecule has 0 bridgehead atoms. The number of hydrogen-bond donors (Lipinski definition) is 1. The summed E-state index contributed by atoms with van der Waals surface area (Å²) < 4.78 is 25.8. The lowest BCUT2D eigenvalue weighted by Crippen LogP contribution is -2.32. The Bertz CT molecular complexity index is 614. The van der Waals surface area contributed by atoms with E-state index in [0.29, 0.717) is 5.56 Å². The van der Waals surface area contributed by atoms with Gasteiger partial charge in [-0.3, -0.25) is 4.79 Å². The minimum absolute atomic E-state index is 0.0110. The number of nitriles is 1. The van der Waals surface area contributed by atoms with Crippen molar-refractivity contribution in [2.45, 2.75) is 18.2 Å². The van der Waals surface area contributed by atoms with Gasteiger partial charge in [-0.2, -0.15) is 5.26 Å². The predicted octanol–water partition coefficient (Wildman–Crippen LogP) is 1.02. The summed E-state index contributed by atoms with van der Waals surface area (Å²) in [6, 6.07) is 7.32. The van der Waals surface area contributed by atoms with E-state index in [4.69, 9.17) is 5.26 Å². The Balaban J connectivity index is 2.15. The molecule has 0 spiro atoms. The van der Waals surface area contributed by atoms with Gasteiger partial charge >= 0.3 is 0 Å². The lowest BCUT2D eigenvalue weighted by molar-refractivity contribution is -0.120. The zero-order chi connectivity index (χ0) is 13.3. The van der Waals surface area contributed by atoms with E-state index >= 15 is 0 Å². The number of hydrogen-bond acceptors (Lipinski definition) is 4. The normalized spacial score (nSPS) is 22.0. The highest BCUT2D eigenvalue weighted by molar-refractivity contribution is 7.90. The van der Waals surface area contributed by atoms with Crippen molar-refractivity contribution in [3.05, 3.63) is 29.8 Å². The lowest BCUT2D eigenvalue weighted by Gasteiger charge is -2.06. The van der Waals surface area contributed by atoms with Gasteiger partial charge in [-0.25, -0.2) is 13.1 Å². The third kappa shape index (κ3) is 2.51. The van der Waals surface area contributed by atoms with Gasteiger partial charge < -0.3 is 0 Å². The second-order valence-electron chi connectivity index (χ2n) is 4.43. The minimum atomic E-state index is -3.82. The van der Waals surface area contributed by atoms with Crippen LogP contribution in [0.15, 0.2) is 29.2 Å². The first kappa shape index (κ1) is 12.6. The topological polar surface area (TPSA) is 87.0 Å². The molecule has 6 heteroatoms. The quantitative estimate of drug-likeness (QED) is 0.883. The molecule has 5 nitrogen and oxygen atoms in total. The van der Waals surface area contributed by atoms with Crippen molar-refractivity contribution in [2.24, 2.45) is 11.8 Å². The largest absolute Gasteiger partial charge is 0.274 e. The molecule has 18 heavy (non-hydrogen) atoms. The highest BCUT2D eigenvalue weighted by Gasteiger charge is 2.40. The molecule has 0 radical (unpaired) electrons. The minimum Gasteiger partial charge on any atom is -0.274 e. The van der Waals surface area contributed by atoms with Crippen LogP contribution in [-0.4, -0.2) is 14.3 Å². The zero-order valence-electron chi connectivity index (χ0n) is 9.75. The van der Waals surface area contributed by atoms with Gasteiger partial charge in [-0.1, -0.05) is 6.92 Å². The highest BCUT2D eigenvalue weighted by Crippen LogP contribution is 2.37. The second-order valence-corrected chi connectivity index (χ2v) is 6.11. The molecule has 2 atom stereocenters. The molecule has 0 aromatic heterocycles. The van der Waals surface area contributed by atoms with Crippen molar-refractivity contribution in [3.8, 4) is 6.07 Å². The lowest BCUT2D eigenvalue weighted by atomic mass is 10.2. The number of amides is 1. The molecule has 1 amide bonds. The standard InChI is InChI=1S/C12H12N2O3S/c1-8-6-11(8)12(15)14-18(16,17)10-4-2-9(7-13)3-5-10/h2-5,8,11H,6H2,1H3,(H,14,15). The van der Waals surface area contributed by atoms with E-state index < -0.39 is 15.9 Å². The van der Waals surface area contributed by atoms with Gasteiger partial charge in [0.05, 0.1) is 16.5 Å². The first-order valence-electron chi connectivity index (χ1n) is 5.51. The zero-order valence-corrected chi connectivity index (χ0v) is 10.6. The summed E-state index contributed by atoms with van der Waals surface area (Å²) in [7, 11) is -3.82. The summed E-state index contributed by atoms with van der Waals surface area (Å²) in [5.41, 5.74) is 0.371. The van der Waals surface area contributed by atoms with Crippen molar-refractivity contribution >= 4 is 15.9 Å². The second kappa shape index (κ2) is 4.42. The number of carbonyl (C=O) groups excluding carboxylic acids is 1. The first-order chi connectivity index (χ1) is 8.44. The van der Waals surface area contributed by atoms with Crippen LogP contribution >= 0.6 is 0 Å². The highest BCUT2D eigenvalue weighted by atomic mass is 32.2. The van der Waals surface area contributed by atoms with Crippen LogP contribution < -0.4 is 4.72 Å². The Morgan fingerprint density at radius 2 is 1.94 bits per heavy atom. The molecule has 0 saturated heterocycles. The summed E-state index contributed by atoms with van der Waals surface area (Å²) in [6.45, 7) is 1.90. The molecular formula is C12H12N2O3S. The Morgan fingerprint density at radius 3 is 2.39 bits per heavy atom. The molecule has 1 fully saturated rings. The Kier molecular flexibility index (Phi) is 3.09. The number of nitrogens with one attached hydrogen (secondary N) is 1. The first-order valence-corrected chi connectivity index (χ1v) is 6.99. The Labute approximate surface area is 105 Å². The summed E-state index contributed by atoms with van der Waals surface area (Å²) in [6.07, 6.45) is 0.731. The van der Waals surface area contributed by atoms with Crippen LogP contribution in [0.25, 0.3) is 0 Å². The average molecular weight is 264 g/mol. The fourth-order valence-corrected chi connectivity index (χ4v) is 2.69. The van der Waals surface area contributed by atoms with Gasteiger partial charge in [-0.15, -0.1) is 0 Å². The fourth-order valence-electron chi connectivity index (χ4n) is 1.66. The third-order valence-electron chi connectivity index (χ3n) is 2.97. The van der Waals surface area contributed by atoms with E-state index in [1.165, 1.54) is 24.3 Å². The van der Waals surface area contributed by atoms with Crippen LogP contribution in [0.1, 0.15) is 18.9 Å². The molecule has 1 saturated carbocycles. The number of nitrogens with zero attached hydrogens (tertiary/aromatic N) is 1. The van der Waals surface area contributed by atoms with Crippen LogP contribution in [0, 0.1) is 23.2 Å². The predicted molar refractivity (Wildman–Crippen MR) is 63.8 cm³/mol. The van der Waals surface area contributed by atoms with Gasteiger partial charge in [-0.05, 0) is 36.6 Å². The number of benzene rings is 1. The SMILES string of the molecule is CC1CC1C(=O)NS(=O)(=O)c1ccc(C#N)cc1. The van der Waals surface area contributed by atoms with Gasteiger partial charge in [0.1, 0.15) is 0 Å². The fraction of sp³-hybridized carbons (Fsp3) is 0.333. The molecule has 0 heterocycles. The maximum Gasteiger partial charge on any atom is 0.264 e. The number of sulfonamides is 1. The molecule has 1 aromatic carbocycles. The molecular weight excluding hydrogens is 252 g/mol. The van der Waals surface area contributed by atoms with Gasteiger partial charge in [0.25, 0.3) is 10.0 Å². The molecule has 0 aliphatic heterocycles. The van der Waals surface area contributed by atoms with E-state index in [0.717, 1.165) is 6.42 Å². The van der Waals surface area contributed by atoms with Crippen LogP contribution in [0.2, 0.25) is 0 Å². The van der Waals surface area contributed by atoms with Gasteiger partial charge in [0.2, 0.25) is 5.91 Å². The monoisotopic (exact) mass is 264 g/mol. The van der Waals surface area contributed by atoms with Crippen LogP contribution in [0.4, 0.5) is 0 Å². The molecule has 1 N–H and O–H groups in total. The molecule has 1 aliphatic rings. The van der Waals surface area contributed by atoms with Crippen LogP contribution in [0.3, 0.4) is 0 Å². The molecule has 94 valence electrons. The van der Waals surface area contributed by atoms with Gasteiger partial charge in [0.15, 0.2) is 0 Å². The van der Waals surface area contributed by atoms with Crippen LogP contribution in [0.5, 0.6) is 0 Å². The molecule has 2 rings (SSSR count). The summed E-state index contributed by atoms with van der Waals surface area (Å²) in [5, 5.41) is 8.62. The van der Waals surface area contributed by atoms with Gasteiger partial charge in [0, 0.05) is 5.92 Å². The molecule has 2 unspecified atom stereocenters. The van der Waals surface area contributed by atoms with E-state index in [9.17, 15) is 13.2 Å². The Morgan fingerprint density at radius 1 is 1.39 bits per heavy atom. The molecule has 1 aliphatic carbocycles. The van der Waals surface area contributed by atoms with E-state index in [2.05, 4.69) is 4.72 Å². The van der Waals surface area contributed by atoms with Crippen molar-refractivity contribution in [3.63, 3.8) is 0 Å². The summed E-state index contributed by atoms with van der Waals surface area (Å²) >= 11 is 0. The smallest absolute Gasteiger partial charge is 0.264 e. The van der Waals surface area contributed by atoms with E-state index in [1.807, 2.05) is 13.0 Å². The maximum absolute atomic E-state index is 11.9. The van der Waals surface area contributed by atoms with Crippen molar-refractivity contribution in [1.29, 1.82) is 5.26 Å². The third-order valence-corrected chi connectivity index (χ3v) is 4.34. The average Bonchev–Trinajstić information content (AvgIpc) is 3.06. The van der Waals surface area contributed by atoms with Crippen LogP contribution in [-0.2, 0) is 14.8 Å². The number of rotatable bonds is 3. The van der Waals surface area contributed by atoms with Crippen molar-refractivity contribution in [1.82, 2.24) is 4.72 Å². The maximum atomic E-state index is 11.9. The number of carbonyl (C=O) groups is 1. The van der Waals surface area contributed by atoms with Crippen molar-refractivity contribution < 1.29 is 13.2 Å². The molecule has 1 aromatic rings. The Hall–Kier alpha value is -1.87. The summed E-state index contributed by atoms with van der Waals surface area (Å²) in [5.74, 6) is -0.397.